The van der Waals surface area contributed by atoms with Crippen molar-refractivity contribution in [2.75, 3.05) is 6.79 Å². The molecule has 1 amide bonds. The van der Waals surface area contributed by atoms with Gasteiger partial charge >= 0.3 is 0 Å². The number of aromatic nitrogens is 2. The van der Waals surface area contributed by atoms with Crippen LogP contribution in [0, 0.1) is 6.92 Å². The molecule has 1 aromatic heterocycles. The van der Waals surface area contributed by atoms with Gasteiger partial charge in [-0.15, -0.1) is 0 Å². The molecule has 0 saturated heterocycles. The monoisotopic (exact) mass is 391 g/mol. The van der Waals surface area contributed by atoms with Crippen molar-refractivity contribution in [3.8, 4) is 22.8 Å². The lowest BCUT2D eigenvalue weighted by atomic mass is 10.1. The van der Waals surface area contributed by atoms with Crippen molar-refractivity contribution in [1.82, 2.24) is 15.1 Å². The van der Waals surface area contributed by atoms with Crippen molar-refractivity contribution in [1.29, 1.82) is 0 Å². The molecule has 1 N–H and O–H groups in total. The van der Waals surface area contributed by atoms with Gasteiger partial charge in [-0.2, -0.15) is 5.10 Å². The molecule has 0 unspecified atom stereocenters. The van der Waals surface area contributed by atoms with Gasteiger partial charge in [0.2, 0.25) is 12.7 Å². The van der Waals surface area contributed by atoms with Gasteiger partial charge in [0.25, 0.3) is 5.56 Å². The molecule has 4 rings (SSSR count). The molecule has 7 heteroatoms. The molecular formula is C22H21N3O4. The van der Waals surface area contributed by atoms with Gasteiger partial charge < -0.3 is 14.8 Å². The maximum absolute atomic E-state index is 12.2. The highest BCUT2D eigenvalue weighted by Gasteiger charge is 2.13. The van der Waals surface area contributed by atoms with Gasteiger partial charge in [-0.1, -0.05) is 35.9 Å². The van der Waals surface area contributed by atoms with Gasteiger partial charge in [0.1, 0.15) is 0 Å². The minimum absolute atomic E-state index is 0.155. The number of nitrogens with zero attached hydrogens (tertiary/aromatic N) is 2. The summed E-state index contributed by atoms with van der Waals surface area (Å²) in [6, 6.07) is 16.6. The van der Waals surface area contributed by atoms with Gasteiger partial charge in [-0.25, -0.2) is 4.68 Å². The smallest absolute Gasteiger partial charge is 0.266 e. The topological polar surface area (TPSA) is 82.5 Å². The molecule has 1 aliphatic heterocycles. The summed E-state index contributed by atoms with van der Waals surface area (Å²) in [6.45, 7) is 2.82. The molecule has 0 spiro atoms. The molecule has 0 bridgehead atoms. The van der Waals surface area contributed by atoms with Crippen LogP contribution in [-0.2, 0) is 17.9 Å². The first-order valence-electron chi connectivity index (χ1n) is 9.39. The number of hydrogen-bond donors (Lipinski definition) is 1. The lowest BCUT2D eigenvalue weighted by Gasteiger charge is -2.09. The van der Waals surface area contributed by atoms with Crippen LogP contribution >= 0.6 is 0 Å². The fourth-order valence-electron chi connectivity index (χ4n) is 3.03. The molecule has 0 saturated carbocycles. The summed E-state index contributed by atoms with van der Waals surface area (Å²) < 4.78 is 11.9. The Hall–Kier alpha value is -3.61. The molecule has 2 aromatic carbocycles. The quantitative estimate of drug-likeness (QED) is 0.699. The predicted octanol–water partition coefficient (Wildman–Crippen LogP) is 2.65. The number of ether oxygens (including phenoxy) is 2. The van der Waals surface area contributed by atoms with E-state index in [4.69, 9.17) is 9.47 Å². The highest BCUT2D eigenvalue weighted by Crippen LogP contribution is 2.32. The van der Waals surface area contributed by atoms with Crippen LogP contribution in [0.5, 0.6) is 11.5 Å². The van der Waals surface area contributed by atoms with Crippen LogP contribution < -0.4 is 20.3 Å². The number of benzene rings is 2. The summed E-state index contributed by atoms with van der Waals surface area (Å²) in [7, 11) is 0. The van der Waals surface area contributed by atoms with Crippen LogP contribution in [0.1, 0.15) is 17.5 Å². The van der Waals surface area contributed by atoms with Gasteiger partial charge in [0.05, 0.1) is 12.2 Å². The molecule has 3 aromatic rings. The fraction of sp³-hybridized carbons (Fsp3) is 0.227. The van der Waals surface area contributed by atoms with Crippen LogP contribution in [0.4, 0.5) is 0 Å². The van der Waals surface area contributed by atoms with Gasteiger partial charge in [-0.05, 0) is 30.7 Å². The Morgan fingerprint density at radius 1 is 1.07 bits per heavy atom. The predicted molar refractivity (Wildman–Crippen MR) is 108 cm³/mol. The molecule has 148 valence electrons. The van der Waals surface area contributed by atoms with E-state index in [9.17, 15) is 9.59 Å². The molecule has 0 aliphatic carbocycles. The van der Waals surface area contributed by atoms with Gasteiger partial charge in [0.15, 0.2) is 11.5 Å². The van der Waals surface area contributed by atoms with Crippen LogP contribution in [0.15, 0.2) is 59.4 Å². The maximum Gasteiger partial charge on any atom is 0.266 e. The zero-order valence-corrected chi connectivity index (χ0v) is 16.1. The molecule has 0 fully saturated rings. The van der Waals surface area contributed by atoms with E-state index >= 15 is 0 Å². The first kappa shape index (κ1) is 18.7. The maximum atomic E-state index is 12.2. The molecule has 2 heterocycles. The lowest BCUT2D eigenvalue weighted by Crippen LogP contribution is -2.28. The van der Waals surface area contributed by atoms with Gasteiger partial charge in [0, 0.05) is 24.6 Å². The second-order valence-electron chi connectivity index (χ2n) is 6.86. The summed E-state index contributed by atoms with van der Waals surface area (Å²) in [5.41, 5.74) is 3.46. The first-order valence-corrected chi connectivity index (χ1v) is 9.39. The highest BCUT2D eigenvalue weighted by atomic mass is 16.7. The molecule has 29 heavy (non-hydrogen) atoms. The van der Waals surface area contributed by atoms with Crippen molar-refractivity contribution in [3.05, 3.63) is 76.1 Å². The lowest BCUT2D eigenvalue weighted by molar-refractivity contribution is -0.121. The summed E-state index contributed by atoms with van der Waals surface area (Å²) in [5, 5.41) is 7.25. The molecule has 0 radical (unpaired) electrons. The third kappa shape index (κ3) is 4.45. The molecule has 7 nitrogen and oxygen atoms in total. The van der Waals surface area contributed by atoms with E-state index in [0.29, 0.717) is 23.7 Å². The standard InChI is InChI=1S/C22H21N3O4/c1-15-2-5-17(6-3-15)18-7-9-22(27)25(24-18)11-10-21(26)23-13-16-4-8-19-20(12-16)29-14-28-19/h2-9,12H,10-11,13-14H2,1H3,(H,23,26). The fourth-order valence-corrected chi connectivity index (χ4v) is 3.03. The van der Waals surface area contributed by atoms with E-state index in [-0.39, 0.29) is 31.2 Å². The van der Waals surface area contributed by atoms with Crippen LogP contribution in [0.2, 0.25) is 0 Å². The Morgan fingerprint density at radius 3 is 2.69 bits per heavy atom. The molecule has 1 aliphatic rings. The second kappa shape index (κ2) is 8.18. The summed E-state index contributed by atoms with van der Waals surface area (Å²) in [4.78, 5) is 24.3. The Bertz CT molecular complexity index is 1090. The zero-order chi connectivity index (χ0) is 20.2. The van der Waals surface area contributed by atoms with Crippen molar-refractivity contribution < 1.29 is 14.3 Å². The van der Waals surface area contributed by atoms with Crippen LogP contribution in [0.3, 0.4) is 0 Å². The highest BCUT2D eigenvalue weighted by molar-refractivity contribution is 5.75. The van der Waals surface area contributed by atoms with E-state index in [0.717, 1.165) is 16.7 Å². The van der Waals surface area contributed by atoms with Crippen molar-refractivity contribution >= 4 is 5.91 Å². The van der Waals surface area contributed by atoms with E-state index in [1.165, 1.54) is 10.7 Å². The van der Waals surface area contributed by atoms with Crippen LogP contribution in [-0.4, -0.2) is 22.5 Å². The minimum atomic E-state index is -0.232. The molecular weight excluding hydrogens is 370 g/mol. The first-order chi connectivity index (χ1) is 14.1. The minimum Gasteiger partial charge on any atom is -0.454 e. The van der Waals surface area contributed by atoms with Crippen molar-refractivity contribution in [3.63, 3.8) is 0 Å². The number of fused-ring (bicyclic) bond motifs is 1. The number of hydrogen-bond acceptors (Lipinski definition) is 5. The van der Waals surface area contributed by atoms with E-state index in [2.05, 4.69) is 10.4 Å². The number of nitrogens with one attached hydrogen (secondary N) is 1. The number of carbonyl (C=O) groups excluding carboxylic acids is 1. The summed E-state index contributed by atoms with van der Waals surface area (Å²) >= 11 is 0. The zero-order valence-electron chi connectivity index (χ0n) is 16.1. The van der Waals surface area contributed by atoms with Crippen LogP contribution in [0.25, 0.3) is 11.3 Å². The second-order valence-corrected chi connectivity index (χ2v) is 6.86. The average molecular weight is 391 g/mol. The third-order valence-electron chi connectivity index (χ3n) is 4.69. The number of carbonyl (C=O) groups is 1. The largest absolute Gasteiger partial charge is 0.454 e. The number of rotatable bonds is 6. The van der Waals surface area contributed by atoms with Crippen molar-refractivity contribution in [2.24, 2.45) is 0 Å². The van der Waals surface area contributed by atoms with E-state index in [1.807, 2.05) is 49.4 Å². The van der Waals surface area contributed by atoms with Gasteiger partial charge in [-0.3, -0.25) is 9.59 Å². The summed E-state index contributed by atoms with van der Waals surface area (Å²) in [5.74, 6) is 1.23. The number of amides is 1. The van der Waals surface area contributed by atoms with E-state index in [1.54, 1.807) is 6.07 Å². The Morgan fingerprint density at radius 2 is 1.86 bits per heavy atom. The third-order valence-corrected chi connectivity index (χ3v) is 4.69. The van der Waals surface area contributed by atoms with E-state index < -0.39 is 0 Å². The Balaban J connectivity index is 1.35. The SMILES string of the molecule is Cc1ccc(-c2ccc(=O)n(CCC(=O)NCc3ccc4c(c3)OCO4)n2)cc1. The Labute approximate surface area is 167 Å². The number of aryl methyl sites for hydroxylation is 2. The molecule has 0 atom stereocenters. The Kier molecular flexibility index (Phi) is 5.29. The normalized spacial score (nSPS) is 12.0. The van der Waals surface area contributed by atoms with Crippen molar-refractivity contribution in [2.45, 2.75) is 26.4 Å². The average Bonchev–Trinajstić information content (AvgIpc) is 3.20. The summed E-state index contributed by atoms with van der Waals surface area (Å²) in [6.07, 6.45) is 0.162.